The third-order valence-electron chi connectivity index (χ3n) is 3.36. The lowest BCUT2D eigenvalue weighted by molar-refractivity contribution is 0.129. The Morgan fingerprint density at radius 3 is 2.88 bits per heavy atom. The largest absolute Gasteiger partial charge is 0.496 e. The average Bonchev–Trinajstić information content (AvgIpc) is 2.91. The van der Waals surface area contributed by atoms with Crippen molar-refractivity contribution in [3.8, 4) is 5.75 Å². The summed E-state index contributed by atoms with van der Waals surface area (Å²) in [6.07, 6.45) is 3.12. The minimum absolute atomic E-state index is 0.429. The fourth-order valence-corrected chi connectivity index (χ4v) is 2.84. The molecule has 1 aliphatic rings. The molecule has 1 fully saturated rings. The molecule has 0 amide bonds. The molecule has 2 nitrogen and oxygen atoms in total. The second kappa shape index (κ2) is 4.38. The number of methoxy groups -OCH3 is 1. The summed E-state index contributed by atoms with van der Waals surface area (Å²) in [5.74, 6) is 1.23. The first-order chi connectivity index (χ1) is 7.61. The Bertz CT molecular complexity index is 392. The minimum Gasteiger partial charge on any atom is -0.496 e. The van der Waals surface area contributed by atoms with Crippen LogP contribution in [-0.4, -0.2) is 12.2 Å². The van der Waals surface area contributed by atoms with Gasteiger partial charge < -0.3 is 9.84 Å². The summed E-state index contributed by atoms with van der Waals surface area (Å²) in [4.78, 5) is 0. The molecule has 0 radical (unpaired) electrons. The van der Waals surface area contributed by atoms with E-state index in [1.54, 1.807) is 7.11 Å². The molecular weight excluding hydrogens is 268 g/mol. The molecular formula is C13H17BrO2. The van der Waals surface area contributed by atoms with Gasteiger partial charge in [-0.3, -0.25) is 0 Å². The fourth-order valence-electron chi connectivity index (χ4n) is 2.30. The zero-order valence-electron chi connectivity index (χ0n) is 9.66. The zero-order chi connectivity index (χ0) is 11.8. The van der Waals surface area contributed by atoms with E-state index in [-0.39, 0.29) is 0 Å². The highest BCUT2D eigenvalue weighted by Gasteiger charge is 2.53. The van der Waals surface area contributed by atoms with E-state index in [0.717, 1.165) is 35.0 Å². The standard InChI is InChI=1S/C13H17BrO2/c1-3-4-10-8-13(10,15)9-5-6-12(16-2)11(14)7-9/h5-7,10,15H,3-4,8H2,1-2H3. The van der Waals surface area contributed by atoms with Crippen LogP contribution >= 0.6 is 15.9 Å². The highest BCUT2D eigenvalue weighted by atomic mass is 79.9. The summed E-state index contributed by atoms with van der Waals surface area (Å²) >= 11 is 3.45. The molecule has 88 valence electrons. The van der Waals surface area contributed by atoms with Crippen LogP contribution in [0.2, 0.25) is 0 Å². The van der Waals surface area contributed by atoms with Crippen molar-refractivity contribution < 1.29 is 9.84 Å². The SMILES string of the molecule is CCCC1CC1(O)c1ccc(OC)c(Br)c1. The summed E-state index contributed by atoms with van der Waals surface area (Å²) in [6, 6.07) is 5.83. The minimum atomic E-state index is -0.592. The van der Waals surface area contributed by atoms with Gasteiger partial charge in [-0.05, 0) is 52.4 Å². The van der Waals surface area contributed by atoms with E-state index < -0.39 is 5.60 Å². The molecule has 2 unspecified atom stereocenters. The molecule has 0 aromatic heterocycles. The second-order valence-corrected chi connectivity index (χ2v) is 5.32. The lowest BCUT2D eigenvalue weighted by Gasteiger charge is -2.12. The van der Waals surface area contributed by atoms with E-state index in [1.807, 2.05) is 18.2 Å². The summed E-state index contributed by atoms with van der Waals surface area (Å²) in [6.45, 7) is 2.16. The molecule has 1 aromatic carbocycles. The van der Waals surface area contributed by atoms with Crippen molar-refractivity contribution in [1.29, 1.82) is 0 Å². The van der Waals surface area contributed by atoms with Crippen molar-refractivity contribution in [3.05, 3.63) is 28.2 Å². The maximum absolute atomic E-state index is 10.4. The zero-order valence-corrected chi connectivity index (χ0v) is 11.3. The van der Waals surface area contributed by atoms with Crippen LogP contribution in [-0.2, 0) is 5.60 Å². The van der Waals surface area contributed by atoms with Crippen LogP contribution in [0.3, 0.4) is 0 Å². The average molecular weight is 285 g/mol. The molecule has 1 saturated carbocycles. The maximum atomic E-state index is 10.4. The normalized spacial score (nSPS) is 27.9. The van der Waals surface area contributed by atoms with Crippen molar-refractivity contribution in [2.24, 2.45) is 5.92 Å². The molecule has 1 aromatic rings. The molecule has 0 saturated heterocycles. The van der Waals surface area contributed by atoms with Gasteiger partial charge in [0.05, 0.1) is 17.2 Å². The molecule has 2 rings (SSSR count). The van der Waals surface area contributed by atoms with Crippen LogP contribution in [0.15, 0.2) is 22.7 Å². The quantitative estimate of drug-likeness (QED) is 0.918. The molecule has 3 heteroatoms. The second-order valence-electron chi connectivity index (χ2n) is 4.46. The van der Waals surface area contributed by atoms with Crippen molar-refractivity contribution in [2.75, 3.05) is 7.11 Å². The number of ether oxygens (including phenoxy) is 1. The molecule has 0 heterocycles. The molecule has 2 atom stereocenters. The van der Waals surface area contributed by atoms with E-state index in [4.69, 9.17) is 4.74 Å². The Hall–Kier alpha value is -0.540. The van der Waals surface area contributed by atoms with Gasteiger partial charge in [-0.1, -0.05) is 19.4 Å². The highest BCUT2D eigenvalue weighted by Crippen LogP contribution is 2.54. The topological polar surface area (TPSA) is 29.5 Å². The van der Waals surface area contributed by atoms with Gasteiger partial charge >= 0.3 is 0 Å². The van der Waals surface area contributed by atoms with Crippen molar-refractivity contribution in [1.82, 2.24) is 0 Å². The van der Waals surface area contributed by atoms with Crippen LogP contribution in [0.4, 0.5) is 0 Å². The van der Waals surface area contributed by atoms with E-state index in [2.05, 4.69) is 22.9 Å². The molecule has 16 heavy (non-hydrogen) atoms. The number of hydrogen-bond acceptors (Lipinski definition) is 2. The summed E-state index contributed by atoms with van der Waals surface area (Å²) in [5, 5.41) is 10.4. The van der Waals surface area contributed by atoms with E-state index in [0.29, 0.717) is 5.92 Å². The van der Waals surface area contributed by atoms with Crippen molar-refractivity contribution in [2.45, 2.75) is 31.8 Å². The summed E-state index contributed by atoms with van der Waals surface area (Å²) in [7, 11) is 1.64. The lowest BCUT2D eigenvalue weighted by Crippen LogP contribution is -2.08. The van der Waals surface area contributed by atoms with Crippen LogP contribution in [0.5, 0.6) is 5.75 Å². The highest BCUT2D eigenvalue weighted by molar-refractivity contribution is 9.10. The number of aliphatic hydroxyl groups is 1. The van der Waals surface area contributed by atoms with E-state index >= 15 is 0 Å². The Labute approximate surface area is 105 Å². The summed E-state index contributed by atoms with van der Waals surface area (Å²) < 4.78 is 6.08. The molecule has 1 aliphatic carbocycles. The van der Waals surface area contributed by atoms with E-state index in [1.165, 1.54) is 0 Å². The monoisotopic (exact) mass is 284 g/mol. The van der Waals surface area contributed by atoms with Gasteiger partial charge in [-0.15, -0.1) is 0 Å². The van der Waals surface area contributed by atoms with Crippen molar-refractivity contribution in [3.63, 3.8) is 0 Å². The first-order valence-corrected chi connectivity index (χ1v) is 6.47. The number of rotatable bonds is 4. The predicted molar refractivity (Wildman–Crippen MR) is 67.6 cm³/mol. The van der Waals surface area contributed by atoms with Gasteiger partial charge in [0.15, 0.2) is 0 Å². The molecule has 0 bridgehead atoms. The van der Waals surface area contributed by atoms with Gasteiger partial charge in [0.25, 0.3) is 0 Å². The van der Waals surface area contributed by atoms with Crippen LogP contribution in [0.1, 0.15) is 31.7 Å². The third-order valence-corrected chi connectivity index (χ3v) is 3.98. The van der Waals surface area contributed by atoms with Crippen molar-refractivity contribution >= 4 is 15.9 Å². The van der Waals surface area contributed by atoms with E-state index in [9.17, 15) is 5.11 Å². The number of halogens is 1. The summed E-state index contributed by atoms with van der Waals surface area (Å²) in [5.41, 5.74) is 0.406. The Morgan fingerprint density at radius 1 is 1.56 bits per heavy atom. The Balaban J connectivity index is 2.20. The Morgan fingerprint density at radius 2 is 2.31 bits per heavy atom. The third kappa shape index (κ3) is 1.98. The number of benzene rings is 1. The first-order valence-electron chi connectivity index (χ1n) is 5.68. The van der Waals surface area contributed by atoms with Crippen LogP contribution in [0, 0.1) is 5.92 Å². The van der Waals surface area contributed by atoms with Gasteiger partial charge in [0, 0.05) is 0 Å². The van der Waals surface area contributed by atoms with Crippen LogP contribution in [0.25, 0.3) is 0 Å². The van der Waals surface area contributed by atoms with Gasteiger partial charge in [-0.2, -0.15) is 0 Å². The van der Waals surface area contributed by atoms with Gasteiger partial charge in [-0.25, -0.2) is 0 Å². The first kappa shape index (κ1) is 11.9. The van der Waals surface area contributed by atoms with Crippen LogP contribution < -0.4 is 4.74 Å². The van der Waals surface area contributed by atoms with Gasteiger partial charge in [0.2, 0.25) is 0 Å². The fraction of sp³-hybridized carbons (Fsp3) is 0.538. The predicted octanol–water partition coefficient (Wildman–Crippen LogP) is 3.47. The lowest BCUT2D eigenvalue weighted by atomic mass is 10.0. The maximum Gasteiger partial charge on any atom is 0.133 e. The smallest absolute Gasteiger partial charge is 0.133 e. The molecule has 1 N–H and O–H groups in total. The van der Waals surface area contributed by atoms with Gasteiger partial charge in [0.1, 0.15) is 5.75 Å². The molecule has 0 spiro atoms. The Kier molecular flexibility index (Phi) is 3.27. The number of hydrogen-bond donors (Lipinski definition) is 1. The molecule has 0 aliphatic heterocycles.